The molecule has 0 atom stereocenters. The molecule has 0 amide bonds. The molecule has 4 nitrogen and oxygen atoms in total. The number of rotatable bonds is 4. The highest BCUT2D eigenvalue weighted by Crippen LogP contribution is 2.10. The predicted molar refractivity (Wildman–Crippen MR) is 105 cm³/mol. The molecule has 2 aromatic rings. The minimum Gasteiger partial charge on any atom is -0.352 e. The summed E-state index contributed by atoms with van der Waals surface area (Å²) in [7, 11) is 1.65. The normalized spacial score (nSPS) is 10.5. The highest BCUT2D eigenvalue weighted by Gasteiger charge is 2.05. The van der Waals surface area contributed by atoms with Crippen molar-refractivity contribution in [2.75, 3.05) is 7.05 Å². The van der Waals surface area contributed by atoms with E-state index in [1.54, 1.807) is 19.2 Å². The van der Waals surface area contributed by atoms with Gasteiger partial charge in [-0.2, -0.15) is 5.26 Å². The lowest BCUT2D eigenvalue weighted by Gasteiger charge is -2.12. The Morgan fingerprint density at radius 3 is 2.42 bits per heavy atom. The molecule has 2 aromatic carbocycles. The van der Waals surface area contributed by atoms with E-state index in [1.807, 2.05) is 30.3 Å². The third-order valence-electron chi connectivity index (χ3n) is 3.23. The van der Waals surface area contributed by atoms with Gasteiger partial charge in [-0.05, 0) is 29.8 Å². The first-order chi connectivity index (χ1) is 11.1. The van der Waals surface area contributed by atoms with Crippen LogP contribution in [0.15, 0.2) is 47.5 Å². The van der Waals surface area contributed by atoms with E-state index in [0.717, 1.165) is 5.56 Å². The number of halogens is 3. The highest BCUT2D eigenvalue weighted by molar-refractivity contribution is 14.0. The number of nitrogens with zero attached hydrogens (tertiary/aromatic N) is 2. The fourth-order valence-electron chi connectivity index (χ4n) is 1.95. The Balaban J connectivity index is 0.00000288. The zero-order valence-corrected chi connectivity index (χ0v) is 16.1. The predicted octanol–water partition coefficient (Wildman–Crippen LogP) is 3.83. The Bertz CT molecular complexity index is 741. The summed E-state index contributed by atoms with van der Waals surface area (Å²) in [6.45, 7) is 0.852. The second-order valence-corrected chi connectivity index (χ2v) is 5.26. The number of guanidine groups is 1. The molecule has 0 aliphatic rings. The number of aliphatic imine (C=N–C) groups is 1. The average Bonchev–Trinajstić information content (AvgIpc) is 2.57. The minimum atomic E-state index is -0.412. The van der Waals surface area contributed by atoms with E-state index in [0.29, 0.717) is 28.7 Å². The molecule has 0 aliphatic carbocycles. The third-order valence-corrected chi connectivity index (χ3v) is 3.48. The zero-order valence-electron chi connectivity index (χ0n) is 13.0. The largest absolute Gasteiger partial charge is 0.352 e. The Kier molecular flexibility index (Phi) is 8.50. The molecule has 0 fully saturated rings. The first-order valence-electron chi connectivity index (χ1n) is 7.00. The van der Waals surface area contributed by atoms with Crippen molar-refractivity contribution in [2.24, 2.45) is 4.99 Å². The van der Waals surface area contributed by atoms with E-state index >= 15 is 0 Å². The topological polar surface area (TPSA) is 60.2 Å². The summed E-state index contributed by atoms with van der Waals surface area (Å²) in [6, 6.07) is 13.8. The van der Waals surface area contributed by atoms with E-state index < -0.39 is 5.82 Å². The van der Waals surface area contributed by atoms with E-state index in [2.05, 4.69) is 15.6 Å². The van der Waals surface area contributed by atoms with Gasteiger partial charge in [-0.25, -0.2) is 4.39 Å². The van der Waals surface area contributed by atoms with Crippen molar-refractivity contribution in [3.8, 4) is 6.07 Å². The van der Waals surface area contributed by atoms with Crippen LogP contribution >= 0.6 is 35.6 Å². The molecule has 2 N–H and O–H groups in total. The number of hydrogen-bond acceptors (Lipinski definition) is 2. The van der Waals surface area contributed by atoms with Crippen molar-refractivity contribution in [1.82, 2.24) is 10.6 Å². The van der Waals surface area contributed by atoms with Gasteiger partial charge in [-0.3, -0.25) is 4.99 Å². The highest BCUT2D eigenvalue weighted by atomic mass is 127. The van der Waals surface area contributed by atoms with Crippen LogP contribution in [0.2, 0.25) is 5.02 Å². The summed E-state index contributed by atoms with van der Waals surface area (Å²) in [6.07, 6.45) is 0. The SMILES string of the molecule is CN=C(NCc1ccc(Cl)cc1)NCc1ccc(C#N)cc1F.I. The molecule has 0 aromatic heterocycles. The van der Waals surface area contributed by atoms with Gasteiger partial charge in [0.25, 0.3) is 0 Å². The van der Waals surface area contributed by atoms with Crippen LogP contribution in [0.1, 0.15) is 16.7 Å². The maximum Gasteiger partial charge on any atom is 0.191 e. The Hall–Kier alpha value is -1.85. The molecule has 0 heterocycles. The maximum atomic E-state index is 13.8. The summed E-state index contributed by atoms with van der Waals surface area (Å²) in [5.41, 5.74) is 1.83. The molecule has 0 unspecified atom stereocenters. The number of nitrogens with one attached hydrogen (secondary N) is 2. The van der Waals surface area contributed by atoms with Crippen molar-refractivity contribution in [3.05, 3.63) is 70.0 Å². The van der Waals surface area contributed by atoms with Crippen LogP contribution in [0.25, 0.3) is 0 Å². The monoisotopic (exact) mass is 458 g/mol. The Morgan fingerprint density at radius 2 is 1.83 bits per heavy atom. The van der Waals surface area contributed by atoms with Crippen LogP contribution in [-0.4, -0.2) is 13.0 Å². The van der Waals surface area contributed by atoms with Gasteiger partial charge in [-0.1, -0.05) is 29.8 Å². The van der Waals surface area contributed by atoms with Gasteiger partial charge in [0.15, 0.2) is 5.96 Å². The maximum absolute atomic E-state index is 13.8. The van der Waals surface area contributed by atoms with Crippen LogP contribution in [0.3, 0.4) is 0 Å². The lowest BCUT2D eigenvalue weighted by Crippen LogP contribution is -2.36. The van der Waals surface area contributed by atoms with Crippen LogP contribution in [0, 0.1) is 17.1 Å². The van der Waals surface area contributed by atoms with E-state index in [9.17, 15) is 4.39 Å². The molecule has 0 aliphatic heterocycles. The minimum absolute atomic E-state index is 0. The number of nitriles is 1. The van der Waals surface area contributed by atoms with Crippen LogP contribution in [0.4, 0.5) is 4.39 Å². The smallest absolute Gasteiger partial charge is 0.191 e. The second-order valence-electron chi connectivity index (χ2n) is 4.82. The van der Waals surface area contributed by atoms with E-state index in [4.69, 9.17) is 16.9 Å². The first kappa shape index (κ1) is 20.2. The van der Waals surface area contributed by atoms with Gasteiger partial charge in [0, 0.05) is 30.7 Å². The summed E-state index contributed by atoms with van der Waals surface area (Å²) >= 11 is 5.84. The van der Waals surface area contributed by atoms with Gasteiger partial charge in [0.05, 0.1) is 11.6 Å². The van der Waals surface area contributed by atoms with Gasteiger partial charge >= 0.3 is 0 Å². The summed E-state index contributed by atoms with van der Waals surface area (Å²) in [5, 5.41) is 15.6. The van der Waals surface area contributed by atoms with Gasteiger partial charge in [-0.15, -0.1) is 24.0 Å². The van der Waals surface area contributed by atoms with Crippen molar-refractivity contribution < 1.29 is 4.39 Å². The lowest BCUT2D eigenvalue weighted by molar-refractivity contribution is 0.604. The molecule has 0 saturated heterocycles. The number of benzene rings is 2. The molecule has 0 bridgehead atoms. The van der Waals surface area contributed by atoms with Crippen LogP contribution < -0.4 is 10.6 Å². The first-order valence-corrected chi connectivity index (χ1v) is 7.37. The lowest BCUT2D eigenvalue weighted by atomic mass is 10.1. The number of hydrogen-bond donors (Lipinski definition) is 2. The fraction of sp³-hybridized carbons (Fsp3) is 0.176. The molecule has 2 rings (SSSR count). The van der Waals surface area contributed by atoms with Gasteiger partial charge in [0.2, 0.25) is 0 Å². The second kappa shape index (κ2) is 10.1. The molecule has 0 saturated carbocycles. The summed E-state index contributed by atoms with van der Waals surface area (Å²) in [5.74, 6) is 0.147. The molecule has 24 heavy (non-hydrogen) atoms. The quantitative estimate of drug-likeness (QED) is 0.416. The van der Waals surface area contributed by atoms with Crippen LogP contribution in [0.5, 0.6) is 0 Å². The molecular formula is C17H17ClFIN4. The average molecular weight is 459 g/mol. The van der Waals surface area contributed by atoms with Crippen molar-refractivity contribution in [1.29, 1.82) is 5.26 Å². The Morgan fingerprint density at radius 1 is 1.17 bits per heavy atom. The molecule has 0 radical (unpaired) electrons. The third kappa shape index (κ3) is 5.98. The Labute approximate surface area is 162 Å². The van der Waals surface area contributed by atoms with E-state index in [-0.39, 0.29) is 30.5 Å². The molecule has 0 spiro atoms. The molecule has 7 heteroatoms. The van der Waals surface area contributed by atoms with Crippen LogP contribution in [-0.2, 0) is 13.1 Å². The summed E-state index contributed by atoms with van der Waals surface area (Å²) in [4.78, 5) is 4.09. The van der Waals surface area contributed by atoms with E-state index in [1.165, 1.54) is 6.07 Å². The zero-order chi connectivity index (χ0) is 16.7. The van der Waals surface area contributed by atoms with Crippen molar-refractivity contribution >= 4 is 41.5 Å². The van der Waals surface area contributed by atoms with Crippen molar-refractivity contribution in [2.45, 2.75) is 13.1 Å². The van der Waals surface area contributed by atoms with Gasteiger partial charge in [0.1, 0.15) is 5.82 Å². The summed E-state index contributed by atoms with van der Waals surface area (Å²) < 4.78 is 13.8. The van der Waals surface area contributed by atoms with Crippen molar-refractivity contribution in [3.63, 3.8) is 0 Å². The molecule has 126 valence electrons. The van der Waals surface area contributed by atoms with Gasteiger partial charge < -0.3 is 10.6 Å². The fourth-order valence-corrected chi connectivity index (χ4v) is 2.07. The standard InChI is InChI=1S/C17H16ClFN4.HI/c1-21-17(22-10-12-3-6-15(18)7-4-12)23-11-14-5-2-13(9-20)8-16(14)19;/h2-8H,10-11H2,1H3,(H2,21,22,23);1H. The molecular weight excluding hydrogens is 442 g/mol.